The van der Waals surface area contributed by atoms with E-state index in [9.17, 15) is 0 Å². The molecule has 1 N–H and O–H groups in total. The number of nitrogens with one attached hydrogen (secondary N) is 1. The molecule has 7 heteroatoms. The number of halogens is 3. The number of methoxy groups -OCH3 is 2. The topological polar surface area (TPSA) is 33.7 Å². The number of piperazine rings is 1. The second-order valence-corrected chi connectivity index (χ2v) is 7.31. The summed E-state index contributed by atoms with van der Waals surface area (Å²) < 4.78 is 12.0. The van der Waals surface area contributed by atoms with E-state index in [-0.39, 0.29) is 24.8 Å². The first-order valence-corrected chi connectivity index (χ1v) is 9.22. The van der Waals surface area contributed by atoms with E-state index >= 15 is 0 Å². The molecule has 1 aromatic carbocycles. The third-order valence-corrected chi connectivity index (χ3v) is 5.24. The summed E-state index contributed by atoms with van der Waals surface area (Å²) in [5.41, 5.74) is 1.28. The highest BCUT2D eigenvalue weighted by Crippen LogP contribution is 2.39. The number of ether oxygens (including phenoxy) is 2. The van der Waals surface area contributed by atoms with E-state index in [1.807, 2.05) is 0 Å². The molecule has 0 saturated carbocycles. The van der Waals surface area contributed by atoms with E-state index in [0.29, 0.717) is 12.0 Å². The Bertz CT molecular complexity index is 487. The second-order valence-electron chi connectivity index (χ2n) is 6.51. The lowest BCUT2D eigenvalue weighted by Crippen LogP contribution is -2.45. The summed E-state index contributed by atoms with van der Waals surface area (Å²) in [6.07, 6.45) is 2.38. The Labute approximate surface area is 173 Å². The maximum Gasteiger partial charge on any atom is 0.137 e. The lowest BCUT2D eigenvalue weighted by Gasteiger charge is -2.36. The zero-order valence-corrected chi connectivity index (χ0v) is 18.7. The first-order chi connectivity index (χ1) is 11.1. The molecule has 0 aromatic heterocycles. The van der Waals surface area contributed by atoms with Crippen molar-refractivity contribution in [1.82, 2.24) is 10.2 Å². The Balaban J connectivity index is 0.00000288. The Morgan fingerprint density at radius 3 is 2.00 bits per heavy atom. The maximum atomic E-state index is 5.53. The summed E-state index contributed by atoms with van der Waals surface area (Å²) in [5.74, 6) is 2.38. The lowest BCUT2D eigenvalue weighted by atomic mass is 9.95. The van der Waals surface area contributed by atoms with Crippen molar-refractivity contribution in [3.8, 4) is 11.5 Å². The van der Waals surface area contributed by atoms with Crippen LogP contribution in [0.5, 0.6) is 11.5 Å². The fraction of sp³-hybridized carbons (Fsp3) is 0.667. The van der Waals surface area contributed by atoms with Gasteiger partial charge in [-0.25, -0.2) is 0 Å². The first-order valence-electron chi connectivity index (χ1n) is 8.43. The minimum atomic E-state index is 0. The predicted molar refractivity (Wildman–Crippen MR) is 113 cm³/mol. The summed E-state index contributed by atoms with van der Waals surface area (Å²) in [7, 11) is 3.41. The van der Waals surface area contributed by atoms with Crippen LogP contribution in [0, 0.1) is 5.92 Å². The maximum absolute atomic E-state index is 5.53. The van der Waals surface area contributed by atoms with Gasteiger partial charge < -0.3 is 14.8 Å². The van der Waals surface area contributed by atoms with Gasteiger partial charge >= 0.3 is 0 Å². The van der Waals surface area contributed by atoms with Crippen molar-refractivity contribution in [2.45, 2.75) is 32.7 Å². The van der Waals surface area contributed by atoms with Gasteiger partial charge in [-0.2, -0.15) is 0 Å². The van der Waals surface area contributed by atoms with E-state index in [1.54, 1.807) is 14.2 Å². The average Bonchev–Trinajstić information content (AvgIpc) is 2.56. The smallest absolute Gasteiger partial charge is 0.137 e. The summed E-state index contributed by atoms with van der Waals surface area (Å²) in [6, 6.07) is 4.72. The van der Waals surface area contributed by atoms with Gasteiger partial charge in [-0.05, 0) is 52.4 Å². The molecule has 1 aliphatic heterocycles. The molecule has 25 heavy (non-hydrogen) atoms. The van der Waals surface area contributed by atoms with Crippen LogP contribution >= 0.6 is 40.7 Å². The highest BCUT2D eigenvalue weighted by Gasteiger charge is 2.24. The van der Waals surface area contributed by atoms with Gasteiger partial charge in [0, 0.05) is 32.2 Å². The van der Waals surface area contributed by atoms with Gasteiger partial charge in [0.25, 0.3) is 0 Å². The molecule has 1 saturated heterocycles. The molecule has 1 aliphatic rings. The van der Waals surface area contributed by atoms with Gasteiger partial charge in [-0.1, -0.05) is 13.8 Å². The van der Waals surface area contributed by atoms with Crippen LogP contribution in [0.1, 0.15) is 38.3 Å². The van der Waals surface area contributed by atoms with Crippen molar-refractivity contribution < 1.29 is 9.47 Å². The zero-order chi connectivity index (χ0) is 16.8. The van der Waals surface area contributed by atoms with Crippen LogP contribution in [0.4, 0.5) is 0 Å². The minimum Gasteiger partial charge on any atom is -0.495 e. The summed E-state index contributed by atoms with van der Waals surface area (Å²) in [5, 5.41) is 3.44. The average molecular weight is 458 g/mol. The van der Waals surface area contributed by atoms with Gasteiger partial charge in [0.15, 0.2) is 0 Å². The molecular weight excluding hydrogens is 427 g/mol. The normalized spacial score (nSPS) is 15.9. The van der Waals surface area contributed by atoms with Crippen molar-refractivity contribution in [2.75, 3.05) is 40.4 Å². The molecule has 2 rings (SSSR count). The fourth-order valence-electron chi connectivity index (χ4n) is 3.13. The molecule has 0 aliphatic carbocycles. The van der Waals surface area contributed by atoms with Crippen molar-refractivity contribution in [3.05, 3.63) is 22.2 Å². The monoisotopic (exact) mass is 456 g/mol. The summed E-state index contributed by atoms with van der Waals surface area (Å²) in [6.45, 7) is 8.87. The van der Waals surface area contributed by atoms with Crippen molar-refractivity contribution >= 4 is 40.7 Å². The number of rotatable bonds is 7. The fourth-order valence-corrected chi connectivity index (χ4v) is 3.68. The highest BCUT2D eigenvalue weighted by molar-refractivity contribution is 9.10. The first kappa shape index (κ1) is 24.8. The summed E-state index contributed by atoms with van der Waals surface area (Å²) >= 11 is 3.57. The minimum absolute atomic E-state index is 0. The van der Waals surface area contributed by atoms with Crippen LogP contribution in [0.15, 0.2) is 16.6 Å². The highest BCUT2D eigenvalue weighted by atomic mass is 79.9. The van der Waals surface area contributed by atoms with E-state index in [1.165, 1.54) is 12.0 Å². The van der Waals surface area contributed by atoms with E-state index in [0.717, 1.165) is 48.6 Å². The number of nitrogens with zero attached hydrogens (tertiary/aromatic N) is 1. The molecule has 0 radical (unpaired) electrons. The quantitative estimate of drug-likeness (QED) is 0.643. The van der Waals surface area contributed by atoms with Crippen LogP contribution in [0.3, 0.4) is 0 Å². The van der Waals surface area contributed by atoms with Crippen LogP contribution < -0.4 is 14.8 Å². The molecule has 0 unspecified atom stereocenters. The summed E-state index contributed by atoms with van der Waals surface area (Å²) in [4.78, 5) is 2.58. The molecular formula is C18H31BrCl2N2O2. The SMILES string of the molecule is COc1cc([C@H](CCC(C)C)N2CCNCC2)cc(OC)c1Br.Cl.Cl. The Hall–Kier alpha value is -0.200. The van der Waals surface area contributed by atoms with Gasteiger partial charge in [0.2, 0.25) is 0 Å². The predicted octanol–water partition coefficient (Wildman–Crippen LogP) is 4.69. The standard InChI is InChI=1S/C18H29BrN2O2.2ClH/c1-13(2)5-6-15(21-9-7-20-8-10-21)14-11-16(22-3)18(19)17(12-14)23-4;;/h11-13,15,20H,5-10H2,1-4H3;2*1H/t15-;;/m0../s1. The molecule has 1 heterocycles. The molecule has 0 bridgehead atoms. The molecule has 1 atom stereocenters. The van der Waals surface area contributed by atoms with Gasteiger partial charge in [0.05, 0.1) is 14.2 Å². The Morgan fingerprint density at radius 2 is 1.56 bits per heavy atom. The van der Waals surface area contributed by atoms with E-state index in [2.05, 4.69) is 52.1 Å². The van der Waals surface area contributed by atoms with Crippen LogP contribution in [0.25, 0.3) is 0 Å². The van der Waals surface area contributed by atoms with Gasteiger partial charge in [-0.15, -0.1) is 24.8 Å². The number of hydrogen-bond acceptors (Lipinski definition) is 4. The Morgan fingerprint density at radius 1 is 1.04 bits per heavy atom. The van der Waals surface area contributed by atoms with Crippen LogP contribution in [-0.4, -0.2) is 45.3 Å². The third kappa shape index (κ3) is 6.79. The number of benzene rings is 1. The molecule has 0 spiro atoms. The number of hydrogen-bond donors (Lipinski definition) is 1. The molecule has 146 valence electrons. The second kappa shape index (κ2) is 12.2. The molecule has 1 fully saturated rings. The molecule has 1 aromatic rings. The zero-order valence-electron chi connectivity index (χ0n) is 15.5. The lowest BCUT2D eigenvalue weighted by molar-refractivity contribution is 0.159. The largest absolute Gasteiger partial charge is 0.495 e. The Kier molecular flexibility index (Phi) is 12.1. The van der Waals surface area contributed by atoms with Crippen molar-refractivity contribution in [1.29, 1.82) is 0 Å². The molecule has 4 nitrogen and oxygen atoms in total. The van der Waals surface area contributed by atoms with E-state index < -0.39 is 0 Å². The van der Waals surface area contributed by atoms with Gasteiger partial charge in [-0.3, -0.25) is 4.90 Å². The third-order valence-electron chi connectivity index (χ3n) is 4.46. The van der Waals surface area contributed by atoms with Gasteiger partial charge in [0.1, 0.15) is 16.0 Å². The van der Waals surface area contributed by atoms with Crippen molar-refractivity contribution in [3.63, 3.8) is 0 Å². The van der Waals surface area contributed by atoms with Crippen molar-refractivity contribution in [2.24, 2.45) is 5.92 Å². The van der Waals surface area contributed by atoms with Crippen LogP contribution in [0.2, 0.25) is 0 Å². The molecule has 0 amide bonds. The van der Waals surface area contributed by atoms with Crippen LogP contribution in [-0.2, 0) is 0 Å². The van der Waals surface area contributed by atoms with E-state index in [4.69, 9.17) is 9.47 Å².